The van der Waals surface area contributed by atoms with Gasteiger partial charge in [-0.1, -0.05) is 13.3 Å². The number of rotatable bonds is 5. The van der Waals surface area contributed by atoms with E-state index in [2.05, 4.69) is 38.1 Å². The van der Waals surface area contributed by atoms with Crippen molar-refractivity contribution in [3.63, 3.8) is 0 Å². The van der Waals surface area contributed by atoms with Crippen LogP contribution >= 0.6 is 11.8 Å². The molecule has 0 amide bonds. The lowest BCUT2D eigenvalue weighted by atomic mass is 10.2. The van der Waals surface area contributed by atoms with E-state index in [1.54, 1.807) is 11.8 Å². The summed E-state index contributed by atoms with van der Waals surface area (Å²) in [5.74, 6) is 2.06. The van der Waals surface area contributed by atoms with Crippen LogP contribution in [0.3, 0.4) is 0 Å². The third-order valence-electron chi connectivity index (χ3n) is 3.57. The highest BCUT2D eigenvalue weighted by atomic mass is 32.2. The second-order valence-electron chi connectivity index (χ2n) is 5.27. The molecule has 0 aromatic carbocycles. The van der Waals surface area contributed by atoms with Gasteiger partial charge in [0.1, 0.15) is 11.6 Å². The van der Waals surface area contributed by atoms with Crippen molar-refractivity contribution in [2.75, 3.05) is 11.9 Å². The van der Waals surface area contributed by atoms with Crippen LogP contribution in [0.15, 0.2) is 28.4 Å². The van der Waals surface area contributed by atoms with Crippen LogP contribution in [0, 0.1) is 0 Å². The molecule has 3 heterocycles. The lowest BCUT2D eigenvalue weighted by molar-refractivity contribution is 0.591. The monoisotopic (exact) mass is 303 g/mol. The Hall–Kier alpha value is -1.56. The van der Waals surface area contributed by atoms with Crippen LogP contribution in [-0.4, -0.2) is 26.3 Å². The second kappa shape index (κ2) is 6.93. The first kappa shape index (κ1) is 14.4. The third-order valence-corrected chi connectivity index (χ3v) is 4.55. The van der Waals surface area contributed by atoms with Gasteiger partial charge in [-0.2, -0.15) is 0 Å². The molecule has 0 fully saturated rings. The molecule has 21 heavy (non-hydrogen) atoms. The zero-order valence-corrected chi connectivity index (χ0v) is 13.2. The van der Waals surface area contributed by atoms with E-state index in [0.717, 1.165) is 47.6 Å². The number of hydrogen-bond donors (Lipinski definition) is 1. The molecule has 0 atom stereocenters. The van der Waals surface area contributed by atoms with E-state index in [4.69, 9.17) is 0 Å². The summed E-state index contributed by atoms with van der Waals surface area (Å²) in [6.45, 7) is 4.13. The number of pyridine rings is 1. The molecule has 1 aliphatic rings. The van der Waals surface area contributed by atoms with Gasteiger partial charge in [-0.05, 0) is 43.2 Å². The summed E-state index contributed by atoms with van der Waals surface area (Å²) < 4.78 is 2.28. The molecule has 5 nitrogen and oxygen atoms in total. The normalized spacial score (nSPS) is 14.5. The molecule has 1 aliphatic heterocycles. The zero-order chi connectivity index (χ0) is 14.5. The summed E-state index contributed by atoms with van der Waals surface area (Å²) in [6, 6.07) is 4.11. The minimum absolute atomic E-state index is 0.928. The lowest BCUT2D eigenvalue weighted by Crippen LogP contribution is -2.03. The fourth-order valence-electron chi connectivity index (χ4n) is 2.46. The molecule has 2 aromatic heterocycles. The molecular formula is C15H21N5S. The Labute approximate surface area is 129 Å². The first-order chi connectivity index (χ1) is 10.4. The van der Waals surface area contributed by atoms with Crippen LogP contribution in [0.2, 0.25) is 0 Å². The Balaban J connectivity index is 1.76. The largest absolute Gasteiger partial charge is 0.370 e. The highest BCUT2D eigenvalue weighted by molar-refractivity contribution is 7.99. The van der Waals surface area contributed by atoms with Crippen molar-refractivity contribution in [3.05, 3.63) is 24.2 Å². The first-order valence-corrected chi connectivity index (χ1v) is 8.48. The fourth-order valence-corrected chi connectivity index (χ4v) is 3.36. The molecule has 0 spiro atoms. The van der Waals surface area contributed by atoms with E-state index in [9.17, 15) is 0 Å². The van der Waals surface area contributed by atoms with Crippen molar-refractivity contribution in [2.24, 2.45) is 0 Å². The summed E-state index contributed by atoms with van der Waals surface area (Å²) >= 11 is 1.68. The van der Waals surface area contributed by atoms with Crippen LogP contribution in [0.5, 0.6) is 0 Å². The van der Waals surface area contributed by atoms with Crippen molar-refractivity contribution < 1.29 is 0 Å². The topological polar surface area (TPSA) is 55.6 Å². The number of aryl methyl sites for hydroxylation is 1. The van der Waals surface area contributed by atoms with Crippen LogP contribution in [-0.2, 0) is 13.0 Å². The first-order valence-electron chi connectivity index (χ1n) is 7.66. The molecule has 112 valence electrons. The third kappa shape index (κ3) is 3.56. The fraction of sp³-hybridized carbons (Fsp3) is 0.533. The van der Waals surface area contributed by atoms with Gasteiger partial charge < -0.3 is 9.88 Å². The Morgan fingerprint density at radius 1 is 1.29 bits per heavy atom. The minimum Gasteiger partial charge on any atom is -0.370 e. The van der Waals surface area contributed by atoms with Gasteiger partial charge in [0, 0.05) is 30.6 Å². The van der Waals surface area contributed by atoms with Gasteiger partial charge in [0.2, 0.25) is 0 Å². The maximum atomic E-state index is 4.36. The number of anilines is 1. The van der Waals surface area contributed by atoms with E-state index >= 15 is 0 Å². The smallest absolute Gasteiger partial charge is 0.196 e. The predicted molar refractivity (Wildman–Crippen MR) is 84.7 cm³/mol. The number of fused-ring (bicyclic) bond motifs is 1. The van der Waals surface area contributed by atoms with Crippen LogP contribution in [0.25, 0.3) is 0 Å². The van der Waals surface area contributed by atoms with Crippen LogP contribution in [0.4, 0.5) is 5.82 Å². The molecule has 6 heteroatoms. The highest BCUT2D eigenvalue weighted by Crippen LogP contribution is 2.29. The predicted octanol–water partition coefficient (Wildman–Crippen LogP) is 3.37. The van der Waals surface area contributed by atoms with E-state index < -0.39 is 0 Å². The summed E-state index contributed by atoms with van der Waals surface area (Å²) in [5.41, 5.74) is 0. The molecule has 3 rings (SSSR count). The van der Waals surface area contributed by atoms with Crippen molar-refractivity contribution in [1.82, 2.24) is 19.7 Å². The van der Waals surface area contributed by atoms with Gasteiger partial charge >= 0.3 is 0 Å². The second-order valence-corrected chi connectivity index (χ2v) is 6.31. The van der Waals surface area contributed by atoms with Gasteiger partial charge in [0.15, 0.2) is 5.16 Å². The maximum absolute atomic E-state index is 4.36. The van der Waals surface area contributed by atoms with E-state index in [1.165, 1.54) is 19.3 Å². The highest BCUT2D eigenvalue weighted by Gasteiger charge is 2.15. The molecule has 1 N–H and O–H groups in total. The summed E-state index contributed by atoms with van der Waals surface area (Å²) in [5, 5.41) is 13.0. The van der Waals surface area contributed by atoms with Crippen LogP contribution in [0.1, 0.15) is 38.4 Å². The molecule has 0 saturated heterocycles. The maximum Gasteiger partial charge on any atom is 0.196 e. The average molecular weight is 303 g/mol. The summed E-state index contributed by atoms with van der Waals surface area (Å²) in [7, 11) is 0. The minimum atomic E-state index is 0.928. The van der Waals surface area contributed by atoms with Gasteiger partial charge in [-0.25, -0.2) is 4.98 Å². The van der Waals surface area contributed by atoms with Crippen LogP contribution < -0.4 is 5.32 Å². The van der Waals surface area contributed by atoms with Crippen molar-refractivity contribution >= 4 is 17.6 Å². The molecule has 0 bridgehead atoms. The summed E-state index contributed by atoms with van der Waals surface area (Å²) in [6.07, 6.45) is 7.72. The molecule has 0 saturated carbocycles. The summed E-state index contributed by atoms with van der Waals surface area (Å²) in [4.78, 5) is 5.50. The van der Waals surface area contributed by atoms with Crippen molar-refractivity contribution in [2.45, 2.75) is 55.6 Å². The Morgan fingerprint density at radius 3 is 3.14 bits per heavy atom. The van der Waals surface area contributed by atoms with E-state index in [1.807, 2.05) is 12.3 Å². The van der Waals surface area contributed by atoms with Crippen molar-refractivity contribution in [3.8, 4) is 0 Å². The molecule has 0 unspecified atom stereocenters. The molecular weight excluding hydrogens is 282 g/mol. The number of hydrogen-bond acceptors (Lipinski definition) is 5. The number of nitrogens with zero attached hydrogens (tertiary/aromatic N) is 4. The molecule has 0 aliphatic carbocycles. The molecule has 0 radical (unpaired) electrons. The number of aromatic nitrogens is 4. The van der Waals surface area contributed by atoms with Gasteiger partial charge in [-0.15, -0.1) is 10.2 Å². The SMILES string of the molecule is CCCNc1cc(Sc2nnc3n2CCCCC3)ccn1. The van der Waals surface area contributed by atoms with E-state index in [0.29, 0.717) is 0 Å². The van der Waals surface area contributed by atoms with E-state index in [-0.39, 0.29) is 0 Å². The Bertz CT molecular complexity index is 595. The van der Waals surface area contributed by atoms with Gasteiger partial charge in [0.25, 0.3) is 0 Å². The molecule has 2 aromatic rings. The van der Waals surface area contributed by atoms with Gasteiger partial charge in [0.05, 0.1) is 0 Å². The van der Waals surface area contributed by atoms with Crippen molar-refractivity contribution in [1.29, 1.82) is 0 Å². The average Bonchev–Trinajstić information content (AvgIpc) is 2.74. The Kier molecular flexibility index (Phi) is 4.75. The quantitative estimate of drug-likeness (QED) is 0.917. The Morgan fingerprint density at radius 2 is 2.24 bits per heavy atom. The van der Waals surface area contributed by atoms with Gasteiger partial charge in [-0.3, -0.25) is 0 Å². The standard InChI is InChI=1S/C15H21N5S/c1-2-8-16-13-11-12(7-9-17-13)21-15-19-18-14-6-4-3-5-10-20(14)15/h7,9,11H,2-6,8,10H2,1H3,(H,16,17). The zero-order valence-electron chi connectivity index (χ0n) is 12.4. The lowest BCUT2D eigenvalue weighted by Gasteiger charge is -2.08. The number of nitrogens with one attached hydrogen (secondary N) is 1.